The summed E-state index contributed by atoms with van der Waals surface area (Å²) in [7, 11) is 0. The van der Waals surface area contributed by atoms with Crippen LogP contribution >= 0.6 is 0 Å². The predicted octanol–water partition coefficient (Wildman–Crippen LogP) is 3.04. The molecule has 1 aromatic carbocycles. The summed E-state index contributed by atoms with van der Waals surface area (Å²) < 4.78 is 0. The Hall–Kier alpha value is -3.25. The lowest BCUT2D eigenvalue weighted by Crippen LogP contribution is -2.27. The Bertz CT molecular complexity index is 999. The molecule has 0 spiro atoms. The van der Waals surface area contributed by atoms with E-state index >= 15 is 0 Å². The van der Waals surface area contributed by atoms with Crippen LogP contribution in [0.15, 0.2) is 67.3 Å². The molecular weight excluding hydrogens is 326 g/mol. The Morgan fingerprint density at radius 3 is 2.73 bits per heavy atom. The van der Waals surface area contributed by atoms with Crippen molar-refractivity contribution in [3.05, 3.63) is 72.8 Å². The minimum Gasteiger partial charge on any atom is -0.394 e. The van der Waals surface area contributed by atoms with Crippen LogP contribution in [0.4, 0.5) is 5.95 Å². The van der Waals surface area contributed by atoms with Crippen LogP contribution in [0.1, 0.15) is 5.56 Å². The molecule has 0 unspecified atom stereocenters. The first-order valence-corrected chi connectivity index (χ1v) is 8.49. The second-order valence-electron chi connectivity index (χ2n) is 6.09. The molecule has 0 amide bonds. The molecule has 0 saturated carbocycles. The molecule has 3 aromatic heterocycles. The third-order valence-electron chi connectivity index (χ3n) is 4.33. The number of aromatic amines is 1. The van der Waals surface area contributed by atoms with Crippen LogP contribution in [0.3, 0.4) is 0 Å². The summed E-state index contributed by atoms with van der Waals surface area (Å²) in [5, 5.41) is 14.2. The van der Waals surface area contributed by atoms with Crippen molar-refractivity contribution in [1.82, 2.24) is 19.9 Å². The summed E-state index contributed by atoms with van der Waals surface area (Å²) >= 11 is 0. The molecule has 0 saturated heterocycles. The Labute approximate surface area is 151 Å². The van der Waals surface area contributed by atoms with E-state index in [4.69, 9.17) is 0 Å². The topological polar surface area (TPSA) is 86.7 Å². The van der Waals surface area contributed by atoms with Crippen LogP contribution < -0.4 is 5.32 Å². The van der Waals surface area contributed by atoms with E-state index in [0.717, 1.165) is 22.3 Å². The summed E-state index contributed by atoms with van der Waals surface area (Å²) in [6, 6.07) is 13.6. The number of hydrogen-bond acceptors (Lipinski definition) is 5. The lowest BCUT2D eigenvalue weighted by Gasteiger charge is -2.16. The quantitative estimate of drug-likeness (QED) is 0.500. The zero-order chi connectivity index (χ0) is 17.8. The van der Waals surface area contributed by atoms with Crippen molar-refractivity contribution in [1.29, 1.82) is 0 Å². The summed E-state index contributed by atoms with van der Waals surface area (Å²) in [6.45, 7) is -0.0116. The van der Waals surface area contributed by atoms with Crippen molar-refractivity contribution in [3.8, 4) is 11.3 Å². The lowest BCUT2D eigenvalue weighted by atomic mass is 10.1. The van der Waals surface area contributed by atoms with E-state index in [1.54, 1.807) is 18.6 Å². The van der Waals surface area contributed by atoms with Gasteiger partial charge in [0.05, 0.1) is 18.3 Å². The first kappa shape index (κ1) is 16.2. The third kappa shape index (κ3) is 3.41. The van der Waals surface area contributed by atoms with Crippen molar-refractivity contribution >= 4 is 16.9 Å². The van der Waals surface area contributed by atoms with Crippen molar-refractivity contribution in [3.63, 3.8) is 0 Å². The standard InChI is InChI=1S/C20H19N5O/c26-13-16(11-15-12-23-19-4-2-1-3-17(15)19)24-20-22-10-7-18(25-20)14-5-8-21-9-6-14/h1-10,12,16,23,26H,11,13H2,(H,22,24,25)/t16-/m0/s1. The number of para-hydroxylation sites is 1. The largest absolute Gasteiger partial charge is 0.394 e. The zero-order valence-corrected chi connectivity index (χ0v) is 14.1. The summed E-state index contributed by atoms with van der Waals surface area (Å²) in [5.74, 6) is 0.498. The van der Waals surface area contributed by atoms with Crippen LogP contribution in [0.5, 0.6) is 0 Å². The number of hydrogen-bond donors (Lipinski definition) is 3. The molecule has 4 rings (SSSR count). The van der Waals surface area contributed by atoms with Crippen LogP contribution in [0.25, 0.3) is 22.2 Å². The maximum absolute atomic E-state index is 9.81. The van der Waals surface area contributed by atoms with E-state index in [0.29, 0.717) is 12.4 Å². The molecule has 6 nitrogen and oxygen atoms in total. The number of nitrogens with one attached hydrogen (secondary N) is 2. The average molecular weight is 345 g/mol. The van der Waals surface area contributed by atoms with Crippen molar-refractivity contribution < 1.29 is 5.11 Å². The van der Waals surface area contributed by atoms with Gasteiger partial charge in [0.15, 0.2) is 0 Å². The summed E-state index contributed by atoms with van der Waals surface area (Å²) in [5.41, 5.74) is 4.03. The SMILES string of the molecule is OC[C@H](Cc1c[nH]c2ccccc12)Nc1nccc(-c2ccncc2)n1. The number of benzene rings is 1. The fraction of sp³-hybridized carbons (Fsp3) is 0.150. The number of H-pyrrole nitrogens is 1. The van der Waals surface area contributed by atoms with Gasteiger partial charge >= 0.3 is 0 Å². The molecule has 0 bridgehead atoms. The molecule has 0 radical (unpaired) electrons. The van der Waals surface area contributed by atoms with Gasteiger partial charge in [-0.3, -0.25) is 4.98 Å². The number of aliphatic hydroxyl groups is 1. The molecule has 0 aliphatic rings. The van der Waals surface area contributed by atoms with Gasteiger partial charge in [-0.2, -0.15) is 0 Å². The fourth-order valence-electron chi connectivity index (χ4n) is 3.02. The number of rotatable bonds is 6. The van der Waals surface area contributed by atoms with E-state index in [2.05, 4.69) is 31.3 Å². The van der Waals surface area contributed by atoms with E-state index in [1.807, 2.05) is 42.6 Å². The highest BCUT2D eigenvalue weighted by Gasteiger charge is 2.13. The third-order valence-corrected chi connectivity index (χ3v) is 4.33. The fourth-order valence-corrected chi connectivity index (χ4v) is 3.02. The Kier molecular flexibility index (Phi) is 4.57. The molecule has 3 N–H and O–H groups in total. The Morgan fingerprint density at radius 2 is 1.88 bits per heavy atom. The maximum atomic E-state index is 9.81. The smallest absolute Gasteiger partial charge is 0.223 e. The second-order valence-corrected chi connectivity index (χ2v) is 6.09. The van der Waals surface area contributed by atoms with E-state index in [1.165, 1.54) is 5.39 Å². The Morgan fingerprint density at radius 1 is 1.04 bits per heavy atom. The lowest BCUT2D eigenvalue weighted by molar-refractivity contribution is 0.273. The average Bonchev–Trinajstić information content (AvgIpc) is 3.11. The van der Waals surface area contributed by atoms with E-state index < -0.39 is 0 Å². The minimum atomic E-state index is -0.179. The molecule has 4 aromatic rings. The highest BCUT2D eigenvalue weighted by molar-refractivity contribution is 5.83. The van der Waals surface area contributed by atoms with Gasteiger partial charge in [-0.05, 0) is 36.2 Å². The highest BCUT2D eigenvalue weighted by atomic mass is 16.3. The van der Waals surface area contributed by atoms with E-state index in [-0.39, 0.29) is 12.6 Å². The molecule has 3 heterocycles. The van der Waals surface area contributed by atoms with Gasteiger partial charge in [0, 0.05) is 41.3 Å². The number of nitrogens with zero attached hydrogens (tertiary/aromatic N) is 3. The van der Waals surface area contributed by atoms with Gasteiger partial charge < -0.3 is 15.4 Å². The van der Waals surface area contributed by atoms with Crippen LogP contribution in [0.2, 0.25) is 0 Å². The van der Waals surface area contributed by atoms with Crippen molar-refractivity contribution in [2.24, 2.45) is 0 Å². The first-order valence-electron chi connectivity index (χ1n) is 8.49. The Balaban J connectivity index is 1.53. The number of anilines is 1. The van der Waals surface area contributed by atoms with Crippen LogP contribution in [-0.2, 0) is 6.42 Å². The van der Waals surface area contributed by atoms with Gasteiger partial charge in [0.25, 0.3) is 0 Å². The monoisotopic (exact) mass is 345 g/mol. The molecule has 130 valence electrons. The zero-order valence-electron chi connectivity index (χ0n) is 14.1. The molecule has 26 heavy (non-hydrogen) atoms. The first-order chi connectivity index (χ1) is 12.8. The molecule has 0 aliphatic carbocycles. The van der Waals surface area contributed by atoms with Gasteiger partial charge in [0.2, 0.25) is 5.95 Å². The van der Waals surface area contributed by atoms with Crippen molar-refractivity contribution in [2.75, 3.05) is 11.9 Å². The normalized spacial score (nSPS) is 12.2. The highest BCUT2D eigenvalue weighted by Crippen LogP contribution is 2.20. The van der Waals surface area contributed by atoms with Crippen LogP contribution in [0, 0.1) is 0 Å². The molecular formula is C20H19N5O. The van der Waals surface area contributed by atoms with Gasteiger partial charge in [-0.1, -0.05) is 18.2 Å². The minimum absolute atomic E-state index is 0.0116. The van der Waals surface area contributed by atoms with Gasteiger partial charge in [-0.25, -0.2) is 9.97 Å². The molecule has 0 aliphatic heterocycles. The number of aromatic nitrogens is 4. The van der Waals surface area contributed by atoms with Crippen molar-refractivity contribution in [2.45, 2.75) is 12.5 Å². The molecule has 1 atom stereocenters. The second kappa shape index (κ2) is 7.33. The number of pyridine rings is 1. The molecule has 6 heteroatoms. The summed E-state index contributed by atoms with van der Waals surface area (Å²) in [6.07, 6.45) is 7.84. The van der Waals surface area contributed by atoms with Gasteiger partial charge in [0.1, 0.15) is 0 Å². The predicted molar refractivity (Wildman–Crippen MR) is 102 cm³/mol. The molecule has 0 fully saturated rings. The number of fused-ring (bicyclic) bond motifs is 1. The van der Waals surface area contributed by atoms with Crippen LogP contribution in [-0.4, -0.2) is 37.7 Å². The van der Waals surface area contributed by atoms with E-state index in [9.17, 15) is 5.11 Å². The maximum Gasteiger partial charge on any atom is 0.223 e. The van der Waals surface area contributed by atoms with Gasteiger partial charge in [-0.15, -0.1) is 0 Å². The number of aliphatic hydroxyl groups excluding tert-OH is 1. The summed E-state index contributed by atoms with van der Waals surface area (Å²) in [4.78, 5) is 16.1.